The summed E-state index contributed by atoms with van der Waals surface area (Å²) in [7, 11) is -3.53. The van der Waals surface area contributed by atoms with E-state index in [2.05, 4.69) is 9.62 Å². The molecule has 2 aliphatic rings. The number of sulfonamides is 1. The second-order valence-corrected chi connectivity index (χ2v) is 7.61. The molecule has 0 spiro atoms. The number of ether oxygens (including phenoxy) is 1. The van der Waals surface area contributed by atoms with Gasteiger partial charge in [-0.25, -0.2) is 8.42 Å². The lowest BCUT2D eigenvalue weighted by molar-refractivity contribution is 0.479. The molecule has 0 aromatic heterocycles. The Hall–Kier alpha value is -2.56. The number of hydrogen-bond donors (Lipinski definition) is 1. The van der Waals surface area contributed by atoms with Crippen LogP contribution in [0.5, 0.6) is 11.5 Å². The van der Waals surface area contributed by atoms with E-state index in [1.165, 1.54) is 6.07 Å². The number of hydrogen-bond acceptors (Lipinski definition) is 5. The van der Waals surface area contributed by atoms with E-state index in [1.807, 2.05) is 6.07 Å². The van der Waals surface area contributed by atoms with E-state index in [1.54, 1.807) is 36.4 Å². The van der Waals surface area contributed by atoms with Crippen molar-refractivity contribution in [3.63, 3.8) is 0 Å². The first-order valence-corrected chi connectivity index (χ1v) is 9.13. The summed E-state index contributed by atoms with van der Waals surface area (Å²) in [5.74, 6) is 0.918. The number of rotatable bonds is 3. The highest BCUT2D eigenvalue weighted by atomic mass is 32.2. The number of nitrogens with one attached hydrogen (secondary N) is 1. The minimum absolute atomic E-state index is 0.231. The highest BCUT2D eigenvalue weighted by Crippen LogP contribution is 2.39. The van der Waals surface area contributed by atoms with Crippen LogP contribution in [-0.4, -0.2) is 21.1 Å². The van der Waals surface area contributed by atoms with Crippen molar-refractivity contribution in [1.82, 2.24) is 4.72 Å². The molecule has 0 bridgehead atoms. The maximum atomic E-state index is 12.3. The maximum absolute atomic E-state index is 12.3. The molecule has 6 nitrogen and oxygen atoms in total. The highest BCUT2D eigenvalue weighted by molar-refractivity contribution is 7.89. The summed E-state index contributed by atoms with van der Waals surface area (Å²) >= 11 is 0. The van der Waals surface area contributed by atoms with Gasteiger partial charge in [0.1, 0.15) is 16.4 Å². The van der Waals surface area contributed by atoms with Gasteiger partial charge in [0.05, 0.1) is 24.0 Å². The van der Waals surface area contributed by atoms with Gasteiger partial charge in [-0.2, -0.15) is 9.98 Å². The van der Waals surface area contributed by atoms with Crippen molar-refractivity contribution in [1.29, 1.82) is 5.26 Å². The molecule has 7 heteroatoms. The Balaban J connectivity index is 1.70. The highest BCUT2D eigenvalue weighted by Gasteiger charge is 2.36. The van der Waals surface area contributed by atoms with E-state index in [0.29, 0.717) is 29.8 Å². The zero-order valence-corrected chi connectivity index (χ0v) is 13.6. The predicted molar refractivity (Wildman–Crippen MR) is 88.4 cm³/mol. The largest absolute Gasteiger partial charge is 0.457 e. The fourth-order valence-electron chi connectivity index (χ4n) is 2.81. The van der Waals surface area contributed by atoms with Crippen LogP contribution in [0.1, 0.15) is 18.4 Å². The molecule has 24 heavy (non-hydrogen) atoms. The van der Waals surface area contributed by atoms with Gasteiger partial charge in [0, 0.05) is 12.1 Å². The van der Waals surface area contributed by atoms with Crippen LogP contribution in [0.2, 0.25) is 0 Å². The second kappa shape index (κ2) is 5.51. The summed E-state index contributed by atoms with van der Waals surface area (Å²) in [4.78, 5) is 2.31. The zero-order valence-electron chi connectivity index (χ0n) is 12.8. The van der Waals surface area contributed by atoms with Crippen LogP contribution in [0.3, 0.4) is 0 Å². The van der Waals surface area contributed by atoms with Gasteiger partial charge < -0.3 is 9.64 Å². The fraction of sp³-hybridized carbons (Fsp3) is 0.235. The van der Waals surface area contributed by atoms with Gasteiger partial charge in [-0.05, 0) is 43.2 Å². The predicted octanol–water partition coefficient (Wildman–Crippen LogP) is 2.57. The number of anilines is 1. The Bertz CT molecular complexity index is 946. The lowest BCUT2D eigenvalue weighted by Gasteiger charge is -2.31. The fourth-order valence-corrected chi connectivity index (χ4v) is 4.00. The number of nitriles is 1. The van der Waals surface area contributed by atoms with Gasteiger partial charge in [-0.1, -0.05) is 6.07 Å². The standard InChI is InChI=1S/C17H15N3O3S/c18-10-12-2-1-3-14(8-12)23-15-6-7-16-17(9-15)24(21,22)19-11-20(16)13-4-5-13/h1-3,6-9,13,19H,4-5,11H2. The summed E-state index contributed by atoms with van der Waals surface area (Å²) in [5, 5.41) is 8.94. The Labute approximate surface area is 140 Å². The van der Waals surface area contributed by atoms with Crippen molar-refractivity contribution in [2.24, 2.45) is 0 Å². The number of nitrogens with zero attached hydrogens (tertiary/aromatic N) is 2. The molecule has 2 aromatic carbocycles. The van der Waals surface area contributed by atoms with Crippen molar-refractivity contribution >= 4 is 15.7 Å². The van der Waals surface area contributed by atoms with Crippen molar-refractivity contribution in [2.75, 3.05) is 11.6 Å². The van der Waals surface area contributed by atoms with Crippen LogP contribution >= 0.6 is 0 Å². The van der Waals surface area contributed by atoms with E-state index in [4.69, 9.17) is 10.00 Å². The van der Waals surface area contributed by atoms with Crippen molar-refractivity contribution in [3.8, 4) is 17.6 Å². The Morgan fingerprint density at radius 3 is 2.71 bits per heavy atom. The molecule has 0 unspecified atom stereocenters. The lowest BCUT2D eigenvalue weighted by Crippen LogP contribution is -2.44. The van der Waals surface area contributed by atoms with Gasteiger partial charge in [-0.3, -0.25) is 0 Å². The molecule has 0 amide bonds. The molecule has 1 fully saturated rings. The van der Waals surface area contributed by atoms with Gasteiger partial charge in [0.2, 0.25) is 10.0 Å². The van der Waals surface area contributed by atoms with Gasteiger partial charge >= 0.3 is 0 Å². The van der Waals surface area contributed by atoms with E-state index in [0.717, 1.165) is 18.5 Å². The molecule has 0 saturated heterocycles. The summed E-state index contributed by atoms with van der Waals surface area (Å²) in [5.41, 5.74) is 1.20. The van der Waals surface area contributed by atoms with E-state index in [-0.39, 0.29) is 4.90 Å². The molecular weight excluding hydrogens is 326 g/mol. The molecule has 1 aliphatic heterocycles. The third-order valence-corrected chi connectivity index (χ3v) is 5.56. The zero-order chi connectivity index (χ0) is 16.7. The molecular formula is C17H15N3O3S. The quantitative estimate of drug-likeness (QED) is 0.928. The maximum Gasteiger partial charge on any atom is 0.244 e. The van der Waals surface area contributed by atoms with Crippen LogP contribution < -0.4 is 14.4 Å². The number of fused-ring (bicyclic) bond motifs is 1. The van der Waals surface area contributed by atoms with Gasteiger partial charge in [-0.15, -0.1) is 0 Å². The third-order valence-electron chi connectivity index (χ3n) is 4.14. The van der Waals surface area contributed by atoms with Crippen molar-refractivity contribution < 1.29 is 13.2 Å². The molecule has 1 aliphatic carbocycles. The van der Waals surface area contributed by atoms with Gasteiger partial charge in [0.15, 0.2) is 0 Å². The van der Waals surface area contributed by atoms with E-state index < -0.39 is 10.0 Å². The monoisotopic (exact) mass is 341 g/mol. The van der Waals surface area contributed by atoms with Crippen LogP contribution in [0.4, 0.5) is 5.69 Å². The smallest absolute Gasteiger partial charge is 0.244 e. The summed E-state index contributed by atoms with van der Waals surface area (Å²) < 4.78 is 33.0. The van der Waals surface area contributed by atoms with Crippen LogP contribution in [0, 0.1) is 11.3 Å². The Morgan fingerprint density at radius 1 is 1.17 bits per heavy atom. The first-order chi connectivity index (χ1) is 11.6. The molecule has 122 valence electrons. The van der Waals surface area contributed by atoms with E-state index in [9.17, 15) is 8.42 Å². The third kappa shape index (κ3) is 2.70. The SMILES string of the molecule is N#Cc1cccc(Oc2ccc3c(c2)S(=O)(=O)NCN3C2CC2)c1. The molecule has 0 radical (unpaired) electrons. The first kappa shape index (κ1) is 15.0. The lowest BCUT2D eigenvalue weighted by atomic mass is 10.2. The van der Waals surface area contributed by atoms with Crippen LogP contribution in [-0.2, 0) is 10.0 Å². The number of benzene rings is 2. The minimum atomic E-state index is -3.53. The molecule has 1 saturated carbocycles. The van der Waals surface area contributed by atoms with Crippen LogP contribution in [0.15, 0.2) is 47.4 Å². The molecule has 4 rings (SSSR count). The van der Waals surface area contributed by atoms with Crippen LogP contribution in [0.25, 0.3) is 0 Å². The first-order valence-electron chi connectivity index (χ1n) is 7.65. The normalized spacial score (nSPS) is 18.5. The summed E-state index contributed by atoms with van der Waals surface area (Å²) in [6, 6.07) is 14.3. The average Bonchev–Trinajstić information content (AvgIpc) is 3.40. The topological polar surface area (TPSA) is 82.4 Å². The Kier molecular flexibility index (Phi) is 3.44. The molecule has 1 N–H and O–H groups in total. The second-order valence-electron chi connectivity index (χ2n) is 5.88. The van der Waals surface area contributed by atoms with Crippen molar-refractivity contribution in [3.05, 3.63) is 48.0 Å². The summed E-state index contributed by atoms with van der Waals surface area (Å²) in [6.07, 6.45) is 2.17. The summed E-state index contributed by atoms with van der Waals surface area (Å²) in [6.45, 7) is 0.310. The molecule has 2 aromatic rings. The molecule has 1 heterocycles. The molecule has 0 atom stereocenters. The van der Waals surface area contributed by atoms with E-state index >= 15 is 0 Å². The van der Waals surface area contributed by atoms with Gasteiger partial charge in [0.25, 0.3) is 0 Å². The minimum Gasteiger partial charge on any atom is -0.457 e. The Morgan fingerprint density at radius 2 is 1.96 bits per heavy atom. The average molecular weight is 341 g/mol. The van der Waals surface area contributed by atoms with Crippen molar-refractivity contribution in [2.45, 2.75) is 23.8 Å².